The number of carbonyl (C=O) groups is 1. The molecule has 3 rings (SSSR count). The van der Waals surface area contributed by atoms with E-state index in [0.29, 0.717) is 35.8 Å². The number of amides is 1. The Morgan fingerprint density at radius 3 is 2.35 bits per heavy atom. The van der Waals surface area contributed by atoms with Gasteiger partial charge in [-0.15, -0.1) is 0 Å². The summed E-state index contributed by atoms with van der Waals surface area (Å²) in [6.45, 7) is 2.20. The first-order chi connectivity index (χ1) is 14.9. The molecule has 3 aromatic rings. The molecule has 0 radical (unpaired) electrons. The van der Waals surface area contributed by atoms with Crippen LogP contribution in [0.2, 0.25) is 0 Å². The Morgan fingerprint density at radius 2 is 1.77 bits per heavy atom. The van der Waals surface area contributed by atoms with Crippen molar-refractivity contribution < 1.29 is 19.0 Å². The molecule has 1 amide bonds. The maximum Gasteiger partial charge on any atom is 0.267 e. The summed E-state index contributed by atoms with van der Waals surface area (Å²) in [7, 11) is 3.19. The number of aromatic nitrogens is 2. The van der Waals surface area contributed by atoms with Gasteiger partial charge in [-0.05, 0) is 42.3 Å². The number of nitrogens with one attached hydrogen (secondary N) is 2. The Bertz CT molecular complexity index is 1090. The van der Waals surface area contributed by atoms with Gasteiger partial charge in [-0.2, -0.15) is 0 Å². The molecule has 4 N–H and O–H groups in total. The average Bonchev–Trinajstić information content (AvgIpc) is 3.10. The molecule has 2 aromatic carbocycles. The van der Waals surface area contributed by atoms with Gasteiger partial charge in [0.2, 0.25) is 5.91 Å². The van der Waals surface area contributed by atoms with E-state index in [2.05, 4.69) is 10.2 Å². The van der Waals surface area contributed by atoms with Gasteiger partial charge < -0.3 is 25.0 Å². The van der Waals surface area contributed by atoms with Crippen LogP contribution >= 0.6 is 0 Å². The van der Waals surface area contributed by atoms with Crippen LogP contribution in [0.3, 0.4) is 0 Å². The van der Waals surface area contributed by atoms with Crippen molar-refractivity contribution in [1.82, 2.24) is 10.2 Å². The third-order valence-corrected chi connectivity index (χ3v) is 5.16. The SMILES string of the molecule is COc1ccc(CCOc2cc(C(CC(N)=O)c3c(C)[nH][nH]c3=O)ccc2OC)cc1. The normalized spacial score (nSPS) is 11.7. The topological polar surface area (TPSA) is 119 Å². The van der Waals surface area contributed by atoms with E-state index in [0.717, 1.165) is 16.9 Å². The minimum atomic E-state index is -0.498. The number of primary amides is 1. The summed E-state index contributed by atoms with van der Waals surface area (Å²) in [6.07, 6.45) is 0.693. The predicted octanol–water partition coefficient (Wildman–Crippen LogP) is 2.66. The largest absolute Gasteiger partial charge is 0.497 e. The van der Waals surface area contributed by atoms with Gasteiger partial charge in [0.1, 0.15) is 5.75 Å². The van der Waals surface area contributed by atoms with Crippen molar-refractivity contribution in [2.45, 2.75) is 25.7 Å². The Kier molecular flexibility index (Phi) is 7.02. The fourth-order valence-corrected chi connectivity index (χ4v) is 3.56. The molecule has 0 spiro atoms. The molecule has 0 fully saturated rings. The van der Waals surface area contributed by atoms with Crippen LogP contribution < -0.4 is 25.5 Å². The second-order valence-corrected chi connectivity index (χ2v) is 7.20. The lowest BCUT2D eigenvalue weighted by Gasteiger charge is -2.18. The van der Waals surface area contributed by atoms with Crippen LogP contribution in [-0.4, -0.2) is 36.9 Å². The second kappa shape index (κ2) is 9.88. The molecular formula is C23H27N3O5. The van der Waals surface area contributed by atoms with Crippen molar-refractivity contribution >= 4 is 5.91 Å². The summed E-state index contributed by atoms with van der Waals surface area (Å²) >= 11 is 0. The number of nitrogens with two attached hydrogens (primary N) is 1. The number of ether oxygens (including phenoxy) is 3. The van der Waals surface area contributed by atoms with E-state index in [1.807, 2.05) is 30.3 Å². The van der Waals surface area contributed by atoms with Gasteiger partial charge >= 0.3 is 0 Å². The first-order valence-electron chi connectivity index (χ1n) is 9.92. The number of aromatic amines is 2. The molecule has 8 nitrogen and oxygen atoms in total. The standard InChI is InChI=1S/C23H27N3O5/c1-14-22(23(28)26-25-14)18(13-21(24)27)16-6-9-19(30-3)20(12-16)31-11-10-15-4-7-17(29-2)8-5-15/h4-9,12,18H,10-11,13H2,1-3H3,(H2,24,27)(H2,25,26,28). The molecular weight excluding hydrogens is 398 g/mol. The summed E-state index contributed by atoms with van der Waals surface area (Å²) in [4.78, 5) is 24.0. The first-order valence-corrected chi connectivity index (χ1v) is 9.92. The molecule has 1 heterocycles. The fourth-order valence-electron chi connectivity index (χ4n) is 3.56. The summed E-state index contributed by atoms with van der Waals surface area (Å²) in [5.41, 5.74) is 8.19. The first kappa shape index (κ1) is 22.0. The van der Waals surface area contributed by atoms with Crippen LogP contribution in [0.4, 0.5) is 0 Å². The van der Waals surface area contributed by atoms with Gasteiger partial charge in [-0.25, -0.2) is 0 Å². The number of carbonyl (C=O) groups excluding carboxylic acids is 1. The van der Waals surface area contributed by atoms with Crippen molar-refractivity contribution in [3.63, 3.8) is 0 Å². The zero-order chi connectivity index (χ0) is 22.4. The van der Waals surface area contributed by atoms with E-state index in [9.17, 15) is 9.59 Å². The average molecular weight is 425 g/mol. The molecule has 8 heteroatoms. The van der Waals surface area contributed by atoms with E-state index in [4.69, 9.17) is 19.9 Å². The number of aryl methyl sites for hydroxylation is 1. The maximum atomic E-state index is 12.3. The van der Waals surface area contributed by atoms with Crippen molar-refractivity contribution in [1.29, 1.82) is 0 Å². The third kappa shape index (κ3) is 5.28. The predicted molar refractivity (Wildman–Crippen MR) is 117 cm³/mol. The Morgan fingerprint density at radius 1 is 1.03 bits per heavy atom. The highest BCUT2D eigenvalue weighted by atomic mass is 16.5. The van der Waals surface area contributed by atoms with Crippen LogP contribution in [0.5, 0.6) is 17.2 Å². The Balaban J connectivity index is 1.83. The minimum absolute atomic E-state index is 0.000605. The van der Waals surface area contributed by atoms with Crippen molar-refractivity contribution in [3.8, 4) is 17.2 Å². The number of hydrogen-bond acceptors (Lipinski definition) is 5. The van der Waals surface area contributed by atoms with Crippen LogP contribution in [0.15, 0.2) is 47.3 Å². The zero-order valence-corrected chi connectivity index (χ0v) is 17.9. The molecule has 1 atom stereocenters. The van der Waals surface area contributed by atoms with E-state index in [1.165, 1.54) is 0 Å². The smallest absolute Gasteiger partial charge is 0.267 e. The lowest BCUT2D eigenvalue weighted by atomic mass is 9.88. The van der Waals surface area contributed by atoms with E-state index < -0.39 is 11.8 Å². The van der Waals surface area contributed by atoms with Crippen LogP contribution in [0.25, 0.3) is 0 Å². The minimum Gasteiger partial charge on any atom is -0.497 e. The summed E-state index contributed by atoms with van der Waals surface area (Å²) in [5, 5.41) is 5.36. The van der Waals surface area contributed by atoms with Gasteiger partial charge in [0, 0.05) is 30.0 Å². The maximum absolute atomic E-state index is 12.3. The summed E-state index contributed by atoms with van der Waals surface area (Å²) in [6, 6.07) is 13.2. The van der Waals surface area contributed by atoms with Gasteiger partial charge in [0.05, 0.1) is 20.8 Å². The van der Waals surface area contributed by atoms with Gasteiger partial charge in [-0.1, -0.05) is 18.2 Å². The van der Waals surface area contributed by atoms with Gasteiger partial charge in [0.25, 0.3) is 5.56 Å². The van der Waals surface area contributed by atoms with Crippen LogP contribution in [-0.2, 0) is 11.2 Å². The quantitative estimate of drug-likeness (QED) is 0.461. The third-order valence-electron chi connectivity index (χ3n) is 5.16. The Labute approximate surface area is 180 Å². The number of H-pyrrole nitrogens is 2. The molecule has 0 aliphatic rings. The molecule has 0 saturated carbocycles. The number of benzene rings is 2. The van der Waals surface area contributed by atoms with Crippen molar-refractivity contribution in [3.05, 3.63) is 75.2 Å². The molecule has 164 valence electrons. The highest BCUT2D eigenvalue weighted by molar-refractivity contribution is 5.75. The number of hydrogen-bond donors (Lipinski definition) is 3. The Hall–Kier alpha value is -3.68. The highest BCUT2D eigenvalue weighted by Gasteiger charge is 2.24. The molecule has 0 aliphatic heterocycles. The van der Waals surface area contributed by atoms with Gasteiger partial charge in [0.15, 0.2) is 11.5 Å². The van der Waals surface area contributed by atoms with Crippen molar-refractivity contribution in [2.75, 3.05) is 20.8 Å². The zero-order valence-electron chi connectivity index (χ0n) is 17.9. The molecule has 0 saturated heterocycles. The lowest BCUT2D eigenvalue weighted by molar-refractivity contribution is -0.118. The monoisotopic (exact) mass is 425 g/mol. The molecule has 0 bridgehead atoms. The molecule has 1 aromatic heterocycles. The van der Waals surface area contributed by atoms with Gasteiger partial charge in [-0.3, -0.25) is 14.7 Å². The van der Waals surface area contributed by atoms with E-state index >= 15 is 0 Å². The van der Waals surface area contributed by atoms with Crippen LogP contribution in [0.1, 0.15) is 34.7 Å². The van der Waals surface area contributed by atoms with E-state index in [1.54, 1.807) is 33.3 Å². The van der Waals surface area contributed by atoms with E-state index in [-0.39, 0.29) is 12.0 Å². The lowest BCUT2D eigenvalue weighted by Crippen LogP contribution is -2.20. The fraction of sp³-hybridized carbons (Fsp3) is 0.304. The molecule has 31 heavy (non-hydrogen) atoms. The highest BCUT2D eigenvalue weighted by Crippen LogP contribution is 2.35. The molecule has 0 aliphatic carbocycles. The number of methoxy groups -OCH3 is 2. The number of rotatable bonds is 10. The summed E-state index contributed by atoms with van der Waals surface area (Å²) < 4.78 is 16.6. The summed E-state index contributed by atoms with van der Waals surface area (Å²) in [5.74, 6) is 0.906. The van der Waals surface area contributed by atoms with Crippen LogP contribution in [0, 0.1) is 6.92 Å². The van der Waals surface area contributed by atoms with Crippen molar-refractivity contribution in [2.24, 2.45) is 5.73 Å². The molecule has 1 unspecified atom stereocenters. The second-order valence-electron chi connectivity index (χ2n) is 7.20.